The predicted octanol–water partition coefficient (Wildman–Crippen LogP) is 0.154. The van der Waals surface area contributed by atoms with Gasteiger partial charge in [0.25, 0.3) is 0 Å². The average molecular weight is 192 g/mol. The van der Waals surface area contributed by atoms with Crippen molar-refractivity contribution < 1.29 is 9.53 Å². The van der Waals surface area contributed by atoms with Gasteiger partial charge in [-0.05, 0) is 17.2 Å². The van der Waals surface area contributed by atoms with E-state index in [2.05, 4.69) is 5.43 Å². The second-order valence-electron chi connectivity index (χ2n) is 3.28. The van der Waals surface area contributed by atoms with Gasteiger partial charge in [-0.25, -0.2) is 5.84 Å². The summed E-state index contributed by atoms with van der Waals surface area (Å²) in [6, 6.07) is 5.79. The van der Waals surface area contributed by atoms with Crippen LogP contribution in [0.3, 0.4) is 0 Å². The first-order valence-electron chi connectivity index (χ1n) is 4.53. The maximum absolute atomic E-state index is 11.0. The zero-order chi connectivity index (χ0) is 9.97. The van der Waals surface area contributed by atoms with Crippen LogP contribution in [0.4, 0.5) is 0 Å². The van der Waals surface area contributed by atoms with Gasteiger partial charge in [0, 0.05) is 6.42 Å². The Bertz CT molecular complexity index is 363. The number of hydrogen-bond acceptors (Lipinski definition) is 3. The van der Waals surface area contributed by atoms with E-state index in [4.69, 9.17) is 10.6 Å². The van der Waals surface area contributed by atoms with Crippen LogP contribution in [0.25, 0.3) is 0 Å². The smallest absolute Gasteiger partial charge is 0.238 e. The van der Waals surface area contributed by atoms with Crippen LogP contribution >= 0.6 is 0 Å². The maximum Gasteiger partial charge on any atom is 0.238 e. The molecular weight excluding hydrogens is 180 g/mol. The van der Waals surface area contributed by atoms with E-state index in [0.29, 0.717) is 6.42 Å². The molecule has 0 spiro atoms. The molecule has 0 aromatic heterocycles. The van der Waals surface area contributed by atoms with E-state index in [1.165, 1.54) is 5.56 Å². The third kappa shape index (κ3) is 1.70. The number of amides is 1. The number of nitrogens with two attached hydrogens (primary N) is 1. The molecule has 3 N–H and O–H groups in total. The van der Waals surface area contributed by atoms with Gasteiger partial charge >= 0.3 is 0 Å². The van der Waals surface area contributed by atoms with Gasteiger partial charge in [-0.3, -0.25) is 10.2 Å². The minimum atomic E-state index is -0.177. The van der Waals surface area contributed by atoms with E-state index in [-0.39, 0.29) is 5.91 Å². The van der Waals surface area contributed by atoms with Gasteiger partial charge in [0.1, 0.15) is 5.75 Å². The topological polar surface area (TPSA) is 64.3 Å². The normalized spacial score (nSPS) is 13.2. The summed E-state index contributed by atoms with van der Waals surface area (Å²) in [5.41, 5.74) is 4.25. The Morgan fingerprint density at radius 1 is 1.57 bits per heavy atom. The Kier molecular flexibility index (Phi) is 2.37. The second kappa shape index (κ2) is 3.67. The molecule has 0 radical (unpaired) electrons. The minimum Gasteiger partial charge on any atom is -0.493 e. The third-order valence-electron chi connectivity index (χ3n) is 2.28. The van der Waals surface area contributed by atoms with Gasteiger partial charge in [-0.2, -0.15) is 0 Å². The lowest BCUT2D eigenvalue weighted by Crippen LogP contribution is -2.31. The molecule has 1 aromatic carbocycles. The molecule has 0 unspecified atom stereocenters. The Balaban J connectivity index is 2.16. The van der Waals surface area contributed by atoms with Gasteiger partial charge in [0.2, 0.25) is 5.91 Å². The van der Waals surface area contributed by atoms with E-state index in [1.807, 2.05) is 18.2 Å². The summed E-state index contributed by atoms with van der Waals surface area (Å²) >= 11 is 0. The van der Waals surface area contributed by atoms with E-state index < -0.39 is 0 Å². The van der Waals surface area contributed by atoms with Crippen molar-refractivity contribution >= 4 is 5.91 Å². The highest BCUT2D eigenvalue weighted by Crippen LogP contribution is 2.25. The molecule has 2 rings (SSSR count). The Morgan fingerprint density at radius 2 is 2.43 bits per heavy atom. The van der Waals surface area contributed by atoms with Crippen molar-refractivity contribution in [2.24, 2.45) is 5.84 Å². The SMILES string of the molecule is NNC(=O)Cc1ccc2c(c1)CCO2. The molecule has 0 aliphatic carbocycles. The molecule has 0 fully saturated rings. The third-order valence-corrected chi connectivity index (χ3v) is 2.28. The van der Waals surface area contributed by atoms with Crippen LogP contribution in [0.15, 0.2) is 18.2 Å². The molecule has 0 atom stereocenters. The monoisotopic (exact) mass is 192 g/mol. The highest BCUT2D eigenvalue weighted by molar-refractivity contribution is 5.78. The summed E-state index contributed by atoms with van der Waals surface area (Å²) in [5, 5.41) is 0. The van der Waals surface area contributed by atoms with Crippen molar-refractivity contribution in [1.29, 1.82) is 0 Å². The summed E-state index contributed by atoms with van der Waals surface area (Å²) in [7, 11) is 0. The fourth-order valence-corrected chi connectivity index (χ4v) is 1.59. The summed E-state index contributed by atoms with van der Waals surface area (Å²) in [6.07, 6.45) is 1.25. The summed E-state index contributed by atoms with van der Waals surface area (Å²) in [5.74, 6) is 5.76. The maximum atomic E-state index is 11.0. The quantitative estimate of drug-likeness (QED) is 0.398. The van der Waals surface area contributed by atoms with Gasteiger partial charge in [-0.1, -0.05) is 12.1 Å². The fourth-order valence-electron chi connectivity index (χ4n) is 1.59. The molecule has 14 heavy (non-hydrogen) atoms. The summed E-state index contributed by atoms with van der Waals surface area (Å²) < 4.78 is 5.36. The molecule has 1 aromatic rings. The number of hydrogen-bond donors (Lipinski definition) is 2. The van der Waals surface area contributed by atoms with Crippen molar-refractivity contribution in [3.8, 4) is 5.75 Å². The lowest BCUT2D eigenvalue weighted by molar-refractivity contribution is -0.120. The molecule has 4 heteroatoms. The first kappa shape index (κ1) is 9.02. The zero-order valence-electron chi connectivity index (χ0n) is 7.75. The van der Waals surface area contributed by atoms with Crippen molar-refractivity contribution in [3.05, 3.63) is 29.3 Å². The molecular formula is C10H12N2O2. The van der Waals surface area contributed by atoms with Gasteiger partial charge in [-0.15, -0.1) is 0 Å². The first-order valence-corrected chi connectivity index (χ1v) is 4.53. The number of fused-ring (bicyclic) bond motifs is 1. The van der Waals surface area contributed by atoms with Crippen LogP contribution in [0.2, 0.25) is 0 Å². The van der Waals surface area contributed by atoms with Crippen LogP contribution in [0, 0.1) is 0 Å². The number of rotatable bonds is 2. The van der Waals surface area contributed by atoms with Crippen molar-refractivity contribution in [3.63, 3.8) is 0 Å². The molecule has 1 aliphatic rings. The van der Waals surface area contributed by atoms with Crippen LogP contribution in [0.5, 0.6) is 5.75 Å². The summed E-state index contributed by atoms with van der Waals surface area (Å²) in [4.78, 5) is 11.0. The highest BCUT2D eigenvalue weighted by atomic mass is 16.5. The Hall–Kier alpha value is -1.55. The molecule has 1 heterocycles. The van der Waals surface area contributed by atoms with Crippen molar-refractivity contribution in [1.82, 2.24) is 5.43 Å². The predicted molar refractivity (Wildman–Crippen MR) is 51.7 cm³/mol. The molecule has 4 nitrogen and oxygen atoms in total. The molecule has 1 amide bonds. The lowest BCUT2D eigenvalue weighted by atomic mass is 10.1. The van der Waals surface area contributed by atoms with Gasteiger partial charge < -0.3 is 4.74 Å². The van der Waals surface area contributed by atoms with Crippen LogP contribution in [-0.2, 0) is 17.6 Å². The molecule has 1 aliphatic heterocycles. The highest BCUT2D eigenvalue weighted by Gasteiger charge is 2.12. The molecule has 74 valence electrons. The number of ether oxygens (including phenoxy) is 1. The van der Waals surface area contributed by atoms with Crippen molar-refractivity contribution in [2.75, 3.05) is 6.61 Å². The number of hydrazine groups is 1. The Labute approximate surface area is 82.0 Å². The lowest BCUT2D eigenvalue weighted by Gasteiger charge is -2.02. The number of nitrogens with one attached hydrogen (secondary N) is 1. The zero-order valence-corrected chi connectivity index (χ0v) is 7.75. The van der Waals surface area contributed by atoms with Gasteiger partial charge in [0.15, 0.2) is 0 Å². The average Bonchev–Trinajstić information content (AvgIpc) is 2.64. The summed E-state index contributed by atoms with van der Waals surface area (Å²) in [6.45, 7) is 0.738. The molecule has 0 bridgehead atoms. The van der Waals surface area contributed by atoms with Crippen molar-refractivity contribution in [2.45, 2.75) is 12.8 Å². The largest absolute Gasteiger partial charge is 0.493 e. The van der Waals surface area contributed by atoms with Gasteiger partial charge in [0.05, 0.1) is 13.0 Å². The molecule has 0 saturated carbocycles. The van der Waals surface area contributed by atoms with E-state index in [0.717, 1.165) is 24.3 Å². The standard InChI is InChI=1S/C10H12N2O2/c11-12-10(13)6-7-1-2-9-8(5-7)3-4-14-9/h1-2,5H,3-4,6,11H2,(H,12,13). The minimum absolute atomic E-state index is 0.177. The second-order valence-corrected chi connectivity index (χ2v) is 3.28. The Morgan fingerprint density at radius 3 is 3.21 bits per heavy atom. The number of benzene rings is 1. The van der Waals surface area contributed by atoms with Crippen LogP contribution in [0.1, 0.15) is 11.1 Å². The first-order chi connectivity index (χ1) is 6.79. The van der Waals surface area contributed by atoms with E-state index in [9.17, 15) is 4.79 Å². The molecule has 0 saturated heterocycles. The van der Waals surface area contributed by atoms with E-state index >= 15 is 0 Å². The van der Waals surface area contributed by atoms with Crippen LogP contribution < -0.4 is 16.0 Å². The van der Waals surface area contributed by atoms with E-state index in [1.54, 1.807) is 0 Å². The number of carbonyl (C=O) groups is 1. The van der Waals surface area contributed by atoms with Crippen LogP contribution in [-0.4, -0.2) is 12.5 Å². The fraction of sp³-hybridized carbons (Fsp3) is 0.300. The number of carbonyl (C=O) groups excluding carboxylic acids is 1.